The number of ether oxygens (including phenoxy) is 2. The van der Waals surface area contributed by atoms with Gasteiger partial charge < -0.3 is 19.7 Å². The molecule has 0 aliphatic carbocycles. The van der Waals surface area contributed by atoms with E-state index in [-0.39, 0.29) is 0 Å². The summed E-state index contributed by atoms with van der Waals surface area (Å²) < 4.78 is 24.2. The van der Waals surface area contributed by atoms with Crippen molar-refractivity contribution in [3.63, 3.8) is 0 Å². The SMILES string of the molecule is CCCCc1nc(NCc2ccc(OC)cc2OC)c2n[nH]c(CCCCCN3CC[C@@H](F)C3)c2n1. The van der Waals surface area contributed by atoms with Crippen LogP contribution in [0.1, 0.15) is 62.5 Å². The number of methoxy groups -OCH3 is 2. The molecule has 2 aromatic heterocycles. The van der Waals surface area contributed by atoms with E-state index in [4.69, 9.17) is 19.4 Å². The van der Waals surface area contributed by atoms with Crippen LogP contribution in [0.3, 0.4) is 0 Å². The Bertz CT molecular complexity index is 1120. The number of anilines is 1. The molecule has 2 N–H and O–H groups in total. The minimum Gasteiger partial charge on any atom is -0.497 e. The maximum atomic E-state index is 13.4. The molecule has 4 rings (SSSR count). The van der Waals surface area contributed by atoms with E-state index in [1.807, 2.05) is 18.2 Å². The molecular formula is C27H39FN6O2. The maximum Gasteiger partial charge on any atom is 0.158 e. The van der Waals surface area contributed by atoms with Gasteiger partial charge in [0.25, 0.3) is 0 Å². The van der Waals surface area contributed by atoms with Crippen LogP contribution in [0.15, 0.2) is 18.2 Å². The molecule has 3 aromatic rings. The van der Waals surface area contributed by atoms with Crippen LogP contribution >= 0.6 is 0 Å². The molecule has 0 unspecified atom stereocenters. The van der Waals surface area contributed by atoms with E-state index in [1.54, 1.807) is 14.2 Å². The average molecular weight is 499 g/mol. The number of likely N-dealkylation sites (tertiary alicyclic amines) is 1. The number of nitrogens with zero attached hydrogens (tertiary/aromatic N) is 4. The molecule has 36 heavy (non-hydrogen) atoms. The minimum absolute atomic E-state index is 0.547. The second kappa shape index (κ2) is 12.9. The Morgan fingerprint density at radius 2 is 1.97 bits per heavy atom. The van der Waals surface area contributed by atoms with Gasteiger partial charge in [0.05, 0.1) is 19.9 Å². The molecule has 1 fully saturated rings. The highest BCUT2D eigenvalue weighted by atomic mass is 19.1. The lowest BCUT2D eigenvalue weighted by atomic mass is 10.1. The molecule has 1 aliphatic heterocycles. The molecule has 1 atom stereocenters. The first-order valence-corrected chi connectivity index (χ1v) is 13.2. The fraction of sp³-hybridized carbons (Fsp3) is 0.593. The van der Waals surface area contributed by atoms with Gasteiger partial charge in [-0.05, 0) is 50.8 Å². The van der Waals surface area contributed by atoms with Crippen molar-refractivity contribution in [2.45, 2.75) is 71.0 Å². The van der Waals surface area contributed by atoms with Gasteiger partial charge in [-0.3, -0.25) is 5.10 Å². The van der Waals surface area contributed by atoms with E-state index in [0.717, 1.165) is 103 Å². The van der Waals surface area contributed by atoms with Gasteiger partial charge in [-0.2, -0.15) is 5.10 Å². The quantitative estimate of drug-likeness (QED) is 0.300. The van der Waals surface area contributed by atoms with Crippen molar-refractivity contribution in [1.82, 2.24) is 25.1 Å². The Hall–Kier alpha value is -2.94. The molecule has 1 saturated heterocycles. The molecule has 9 heteroatoms. The van der Waals surface area contributed by atoms with Gasteiger partial charge in [-0.15, -0.1) is 0 Å². The van der Waals surface area contributed by atoms with Crippen LogP contribution in [0.4, 0.5) is 10.2 Å². The van der Waals surface area contributed by atoms with Crippen molar-refractivity contribution in [2.75, 3.05) is 39.2 Å². The van der Waals surface area contributed by atoms with E-state index >= 15 is 0 Å². The van der Waals surface area contributed by atoms with E-state index in [9.17, 15) is 4.39 Å². The number of H-pyrrole nitrogens is 1. The molecule has 0 bridgehead atoms. The zero-order chi connectivity index (χ0) is 25.3. The summed E-state index contributed by atoms with van der Waals surface area (Å²) in [4.78, 5) is 11.9. The first kappa shape index (κ1) is 26.1. The Morgan fingerprint density at radius 3 is 2.72 bits per heavy atom. The van der Waals surface area contributed by atoms with Crippen molar-refractivity contribution in [3.8, 4) is 11.5 Å². The van der Waals surface area contributed by atoms with E-state index in [1.165, 1.54) is 0 Å². The number of fused-ring (bicyclic) bond motifs is 1. The second-order valence-electron chi connectivity index (χ2n) is 9.52. The number of rotatable bonds is 14. The summed E-state index contributed by atoms with van der Waals surface area (Å²) in [6.07, 6.45) is 7.13. The highest BCUT2D eigenvalue weighted by Gasteiger charge is 2.21. The van der Waals surface area contributed by atoms with Crippen LogP contribution in [0.5, 0.6) is 11.5 Å². The number of halogens is 1. The third-order valence-corrected chi connectivity index (χ3v) is 6.83. The molecule has 1 aliphatic rings. The van der Waals surface area contributed by atoms with E-state index in [2.05, 4.69) is 27.3 Å². The largest absolute Gasteiger partial charge is 0.497 e. The summed E-state index contributed by atoms with van der Waals surface area (Å²) in [6, 6.07) is 5.80. The number of nitrogens with one attached hydrogen (secondary N) is 2. The zero-order valence-corrected chi connectivity index (χ0v) is 21.8. The van der Waals surface area contributed by atoms with Crippen LogP contribution in [-0.4, -0.2) is 65.1 Å². The lowest BCUT2D eigenvalue weighted by Gasteiger charge is -2.13. The van der Waals surface area contributed by atoms with Crippen molar-refractivity contribution in [1.29, 1.82) is 0 Å². The van der Waals surface area contributed by atoms with Gasteiger partial charge in [0.1, 0.15) is 29.0 Å². The first-order valence-electron chi connectivity index (χ1n) is 13.2. The smallest absolute Gasteiger partial charge is 0.158 e. The monoisotopic (exact) mass is 498 g/mol. The third kappa shape index (κ3) is 6.63. The lowest BCUT2D eigenvalue weighted by molar-refractivity contribution is 0.283. The number of hydrogen-bond donors (Lipinski definition) is 2. The highest BCUT2D eigenvalue weighted by molar-refractivity contribution is 5.87. The predicted octanol–water partition coefficient (Wildman–Crippen LogP) is 5.08. The molecule has 0 saturated carbocycles. The molecule has 8 nitrogen and oxygen atoms in total. The van der Waals surface area contributed by atoms with Crippen LogP contribution in [-0.2, 0) is 19.4 Å². The van der Waals surface area contributed by atoms with Crippen LogP contribution in [0.2, 0.25) is 0 Å². The second-order valence-corrected chi connectivity index (χ2v) is 9.52. The fourth-order valence-corrected chi connectivity index (χ4v) is 4.72. The normalized spacial score (nSPS) is 16.1. The maximum absolute atomic E-state index is 13.4. The molecular weight excluding hydrogens is 459 g/mol. The summed E-state index contributed by atoms with van der Waals surface area (Å²) in [5, 5.41) is 11.3. The predicted molar refractivity (Wildman–Crippen MR) is 141 cm³/mol. The number of aromatic nitrogens is 4. The van der Waals surface area contributed by atoms with Gasteiger partial charge in [0, 0.05) is 37.7 Å². The summed E-state index contributed by atoms with van der Waals surface area (Å²) in [5.74, 6) is 3.09. The van der Waals surface area contributed by atoms with Gasteiger partial charge in [0.2, 0.25) is 0 Å². The zero-order valence-electron chi connectivity index (χ0n) is 21.8. The topological polar surface area (TPSA) is 88.2 Å². The minimum atomic E-state index is -0.642. The van der Waals surface area contributed by atoms with Crippen molar-refractivity contribution in [2.24, 2.45) is 0 Å². The Balaban J connectivity index is 1.43. The van der Waals surface area contributed by atoms with Crippen LogP contribution < -0.4 is 14.8 Å². The summed E-state index contributed by atoms with van der Waals surface area (Å²) >= 11 is 0. The van der Waals surface area contributed by atoms with E-state index in [0.29, 0.717) is 19.5 Å². The number of alkyl halides is 1. The van der Waals surface area contributed by atoms with Crippen LogP contribution in [0, 0.1) is 0 Å². The number of benzene rings is 1. The molecule has 1 aromatic carbocycles. The molecule has 0 spiro atoms. The molecule has 196 valence electrons. The number of hydrogen-bond acceptors (Lipinski definition) is 7. The van der Waals surface area contributed by atoms with Crippen LogP contribution in [0.25, 0.3) is 11.0 Å². The first-order chi connectivity index (χ1) is 17.6. The number of unbranched alkanes of at least 4 members (excludes halogenated alkanes) is 3. The van der Waals surface area contributed by atoms with Crippen molar-refractivity contribution < 1.29 is 13.9 Å². The highest BCUT2D eigenvalue weighted by Crippen LogP contribution is 2.27. The Labute approximate surface area is 213 Å². The van der Waals surface area contributed by atoms with Crippen molar-refractivity contribution >= 4 is 16.9 Å². The summed E-state index contributed by atoms with van der Waals surface area (Å²) in [7, 11) is 3.30. The number of aromatic amines is 1. The summed E-state index contributed by atoms with van der Waals surface area (Å²) in [5.41, 5.74) is 3.73. The molecule has 3 heterocycles. The standard InChI is InChI=1S/C27H39FN6O2/c1-4-5-10-24-30-25-22(9-7-6-8-14-34-15-13-20(28)18-34)32-33-26(25)27(31-24)29-17-19-11-12-21(35-2)16-23(19)36-3/h11-12,16,20H,4-10,13-15,17-18H2,1-3H3,(H,32,33)(H,29,30,31)/t20-/m1/s1. The third-order valence-electron chi connectivity index (χ3n) is 6.83. The van der Waals surface area contributed by atoms with E-state index < -0.39 is 6.17 Å². The number of aryl methyl sites for hydroxylation is 2. The molecule has 0 amide bonds. The van der Waals surface area contributed by atoms with Gasteiger partial charge in [-0.1, -0.05) is 19.8 Å². The van der Waals surface area contributed by atoms with Gasteiger partial charge in [-0.25, -0.2) is 14.4 Å². The van der Waals surface area contributed by atoms with Gasteiger partial charge in [0.15, 0.2) is 11.3 Å². The summed E-state index contributed by atoms with van der Waals surface area (Å²) in [6.45, 7) is 5.19. The molecule has 0 radical (unpaired) electrons. The lowest BCUT2D eigenvalue weighted by Crippen LogP contribution is -2.22. The average Bonchev–Trinajstić information content (AvgIpc) is 3.51. The Kier molecular flexibility index (Phi) is 9.33. The Morgan fingerprint density at radius 1 is 1.08 bits per heavy atom. The van der Waals surface area contributed by atoms with Gasteiger partial charge >= 0.3 is 0 Å². The van der Waals surface area contributed by atoms with Crippen molar-refractivity contribution in [3.05, 3.63) is 35.3 Å². The fourth-order valence-electron chi connectivity index (χ4n) is 4.72.